The minimum atomic E-state index is -4.75. The first-order valence-corrected chi connectivity index (χ1v) is 12.2. The molecule has 3 rings (SSSR count). The summed E-state index contributed by atoms with van der Waals surface area (Å²) in [6.07, 6.45) is -7.98. The fourth-order valence-electron chi connectivity index (χ4n) is 3.83. The quantitative estimate of drug-likeness (QED) is 0.334. The van der Waals surface area contributed by atoms with Gasteiger partial charge in [0.2, 0.25) is 0 Å². The third-order valence-corrected chi connectivity index (χ3v) is 7.00. The number of nitrogens with zero attached hydrogens (tertiary/aromatic N) is 1. The number of rotatable bonds is 6. The number of aromatic nitrogens is 1. The molecule has 0 radical (unpaired) electrons. The van der Waals surface area contributed by atoms with Crippen LogP contribution in [0.15, 0.2) is 48.7 Å². The highest BCUT2D eigenvalue weighted by molar-refractivity contribution is 7.84. The maximum atomic E-state index is 14.2. The first-order valence-electron chi connectivity index (χ1n) is 11.0. The minimum Gasteiger partial charge on any atom is -0.347 e. The maximum Gasteiger partial charge on any atom is 0.417 e. The summed E-state index contributed by atoms with van der Waals surface area (Å²) in [6, 6.07) is 7.16. The number of hydrogen-bond acceptors (Lipinski definition) is 1. The van der Waals surface area contributed by atoms with Crippen molar-refractivity contribution in [2.75, 3.05) is 0 Å². The third kappa shape index (κ3) is 6.09. The number of alkyl halides is 6. The van der Waals surface area contributed by atoms with E-state index in [0.29, 0.717) is 12.1 Å². The molecule has 0 aliphatic heterocycles. The summed E-state index contributed by atoms with van der Waals surface area (Å²) in [5.41, 5.74) is -0.380. The maximum absolute atomic E-state index is 14.2. The summed E-state index contributed by atoms with van der Waals surface area (Å²) in [7, 11) is -2.01. The van der Waals surface area contributed by atoms with E-state index in [1.807, 2.05) is 13.8 Å². The standard InChI is InChI=1S/C25H28F6N2OS/c1-15(2)13-33-14-19(22(25(29,30)31)32-35(34)23(3,4)5)18-11-10-16(12-21(18)33)17-8-6-7-9-20(17)24(26,27)28/h6-12,14-15,22,32H,13H2,1-5H3/t22-,35+/m0/s1. The van der Waals surface area contributed by atoms with E-state index in [1.54, 1.807) is 25.3 Å². The number of hydrogen-bond donors (Lipinski definition) is 1. The summed E-state index contributed by atoms with van der Waals surface area (Å²) in [4.78, 5) is 0. The number of nitrogens with one attached hydrogen (secondary N) is 1. The Morgan fingerprint density at radius 2 is 1.60 bits per heavy atom. The van der Waals surface area contributed by atoms with Gasteiger partial charge in [-0.15, -0.1) is 0 Å². The molecule has 1 aromatic heterocycles. The molecule has 1 heterocycles. The molecule has 3 aromatic rings. The predicted molar refractivity (Wildman–Crippen MR) is 127 cm³/mol. The average Bonchev–Trinajstić information content (AvgIpc) is 3.06. The van der Waals surface area contributed by atoms with Gasteiger partial charge >= 0.3 is 12.4 Å². The molecule has 0 aliphatic rings. The molecule has 10 heteroatoms. The van der Waals surface area contributed by atoms with Gasteiger partial charge in [0, 0.05) is 29.2 Å². The van der Waals surface area contributed by atoms with Crippen LogP contribution < -0.4 is 4.72 Å². The SMILES string of the molecule is CC(C)Cn1cc([C@H](N[S@](=O)C(C)(C)C)C(F)(F)F)c2ccc(-c3ccccc3C(F)(F)F)cc21. The van der Waals surface area contributed by atoms with Crippen LogP contribution in [0.5, 0.6) is 0 Å². The highest BCUT2D eigenvalue weighted by Crippen LogP contribution is 2.41. The Morgan fingerprint density at radius 1 is 0.971 bits per heavy atom. The predicted octanol–water partition coefficient (Wildman–Crippen LogP) is 7.64. The zero-order valence-electron chi connectivity index (χ0n) is 20.0. The summed E-state index contributed by atoms with van der Waals surface area (Å²) < 4.78 is 98.7. The van der Waals surface area contributed by atoms with Crippen LogP contribution in [0.25, 0.3) is 22.0 Å². The van der Waals surface area contributed by atoms with Crippen LogP contribution in [-0.2, 0) is 23.7 Å². The van der Waals surface area contributed by atoms with Gasteiger partial charge in [0.1, 0.15) is 6.04 Å². The lowest BCUT2D eigenvalue weighted by molar-refractivity contribution is -0.152. The van der Waals surface area contributed by atoms with E-state index in [0.717, 1.165) is 6.07 Å². The van der Waals surface area contributed by atoms with E-state index >= 15 is 0 Å². The second-order valence-corrected chi connectivity index (χ2v) is 11.9. The summed E-state index contributed by atoms with van der Waals surface area (Å²) in [5, 5.41) is 0.236. The lowest BCUT2D eigenvalue weighted by Crippen LogP contribution is -2.41. The van der Waals surface area contributed by atoms with Crippen molar-refractivity contribution in [1.29, 1.82) is 0 Å². The molecular weight excluding hydrogens is 490 g/mol. The highest BCUT2D eigenvalue weighted by Gasteiger charge is 2.44. The van der Waals surface area contributed by atoms with Gasteiger partial charge in [0.25, 0.3) is 0 Å². The second kappa shape index (κ2) is 9.61. The molecule has 0 spiro atoms. The molecule has 0 bridgehead atoms. The molecule has 0 amide bonds. The molecule has 0 saturated carbocycles. The van der Waals surface area contributed by atoms with Crippen molar-refractivity contribution in [3.63, 3.8) is 0 Å². The van der Waals surface area contributed by atoms with E-state index in [-0.39, 0.29) is 28.0 Å². The van der Waals surface area contributed by atoms with Crippen LogP contribution in [0.1, 0.15) is 51.8 Å². The van der Waals surface area contributed by atoms with Gasteiger partial charge in [0.15, 0.2) is 0 Å². The molecule has 2 atom stereocenters. The molecule has 0 unspecified atom stereocenters. The zero-order valence-corrected chi connectivity index (χ0v) is 20.8. The Kier molecular flexibility index (Phi) is 7.49. The van der Waals surface area contributed by atoms with Crippen LogP contribution >= 0.6 is 0 Å². The summed E-state index contributed by atoms with van der Waals surface area (Å²) >= 11 is 0. The first kappa shape index (κ1) is 27.3. The van der Waals surface area contributed by atoms with Gasteiger partial charge < -0.3 is 4.57 Å². The van der Waals surface area contributed by atoms with Gasteiger partial charge in [-0.05, 0) is 49.9 Å². The van der Waals surface area contributed by atoms with Crippen molar-refractivity contribution in [3.8, 4) is 11.1 Å². The molecule has 1 N–H and O–H groups in total. The fraction of sp³-hybridized carbons (Fsp3) is 0.440. The van der Waals surface area contributed by atoms with Crippen LogP contribution in [-0.4, -0.2) is 19.7 Å². The highest BCUT2D eigenvalue weighted by atomic mass is 32.2. The Labute approximate surface area is 203 Å². The fourth-order valence-corrected chi connectivity index (χ4v) is 4.66. The van der Waals surface area contributed by atoms with Crippen molar-refractivity contribution in [3.05, 3.63) is 59.8 Å². The number of benzene rings is 2. The van der Waals surface area contributed by atoms with E-state index in [1.165, 1.54) is 42.6 Å². The van der Waals surface area contributed by atoms with Crippen molar-refractivity contribution >= 4 is 21.9 Å². The lowest BCUT2D eigenvalue weighted by atomic mass is 9.97. The molecule has 0 aliphatic carbocycles. The van der Waals surface area contributed by atoms with Gasteiger partial charge in [-0.1, -0.05) is 44.2 Å². The van der Waals surface area contributed by atoms with E-state index in [4.69, 9.17) is 0 Å². The monoisotopic (exact) mass is 518 g/mol. The molecule has 192 valence electrons. The normalized spacial score (nSPS) is 15.1. The number of halogens is 6. The molecule has 3 nitrogen and oxygen atoms in total. The van der Waals surface area contributed by atoms with Crippen molar-refractivity contribution in [2.24, 2.45) is 5.92 Å². The van der Waals surface area contributed by atoms with Crippen molar-refractivity contribution < 1.29 is 30.6 Å². The largest absolute Gasteiger partial charge is 0.417 e. The Morgan fingerprint density at radius 3 is 2.14 bits per heavy atom. The Balaban J connectivity index is 2.23. The topological polar surface area (TPSA) is 34.0 Å². The van der Waals surface area contributed by atoms with Crippen molar-refractivity contribution in [1.82, 2.24) is 9.29 Å². The summed E-state index contributed by atoms with van der Waals surface area (Å²) in [5.74, 6) is 0.0607. The van der Waals surface area contributed by atoms with Gasteiger partial charge in [0.05, 0.1) is 21.3 Å². The van der Waals surface area contributed by atoms with Crippen LogP contribution in [0.2, 0.25) is 0 Å². The molecule has 35 heavy (non-hydrogen) atoms. The van der Waals surface area contributed by atoms with E-state index in [9.17, 15) is 30.6 Å². The minimum absolute atomic E-state index is 0.0555. The smallest absolute Gasteiger partial charge is 0.347 e. The molecular formula is C25H28F6N2OS. The Hall–Kier alpha value is -2.33. The average molecular weight is 519 g/mol. The molecule has 2 aromatic carbocycles. The number of fused-ring (bicyclic) bond motifs is 1. The molecule has 0 saturated heterocycles. The summed E-state index contributed by atoms with van der Waals surface area (Å²) in [6.45, 7) is 8.83. The van der Waals surface area contributed by atoms with Crippen LogP contribution in [0.3, 0.4) is 0 Å². The van der Waals surface area contributed by atoms with Gasteiger partial charge in [-0.3, -0.25) is 0 Å². The second-order valence-electron chi connectivity index (χ2n) is 9.88. The van der Waals surface area contributed by atoms with Gasteiger partial charge in [-0.25, -0.2) is 8.93 Å². The lowest BCUT2D eigenvalue weighted by Gasteiger charge is -2.26. The Bertz CT molecular complexity index is 1220. The van der Waals surface area contributed by atoms with Crippen LogP contribution in [0.4, 0.5) is 26.3 Å². The third-order valence-electron chi connectivity index (χ3n) is 5.44. The van der Waals surface area contributed by atoms with E-state index in [2.05, 4.69) is 4.72 Å². The zero-order chi connectivity index (χ0) is 26.3. The first-order chi connectivity index (χ1) is 16.0. The van der Waals surface area contributed by atoms with Crippen LogP contribution in [0, 0.1) is 5.92 Å². The molecule has 0 fully saturated rings. The van der Waals surface area contributed by atoms with E-state index < -0.39 is 39.7 Å². The van der Waals surface area contributed by atoms with Crippen molar-refractivity contribution in [2.45, 2.75) is 64.3 Å². The van der Waals surface area contributed by atoms with Gasteiger partial charge in [-0.2, -0.15) is 26.3 Å².